The number of hydrogen-bond donors (Lipinski definition) is 0. The molecule has 0 aliphatic heterocycles. The number of aryl methyl sites for hydroxylation is 2. The molecule has 0 aromatic heterocycles. The van der Waals surface area contributed by atoms with Crippen molar-refractivity contribution in [2.45, 2.75) is 50.9 Å². The SMILES string of the molecule is C=CCC1CCC(c2ccc3c(F)c(CCc4cc(F)c(F)c(F)c4)ccc3c2)CC1. The Morgan fingerprint density at radius 3 is 2.19 bits per heavy atom. The molecule has 162 valence electrons. The summed E-state index contributed by atoms with van der Waals surface area (Å²) >= 11 is 0. The molecule has 1 saturated carbocycles. The van der Waals surface area contributed by atoms with Crippen LogP contribution in [-0.4, -0.2) is 0 Å². The van der Waals surface area contributed by atoms with Gasteiger partial charge in [-0.2, -0.15) is 0 Å². The molecule has 3 aromatic carbocycles. The zero-order valence-corrected chi connectivity index (χ0v) is 17.4. The van der Waals surface area contributed by atoms with E-state index in [2.05, 4.69) is 12.6 Å². The lowest BCUT2D eigenvalue weighted by molar-refractivity contribution is 0.328. The Hall–Kier alpha value is -2.62. The van der Waals surface area contributed by atoms with Crippen LogP contribution >= 0.6 is 0 Å². The van der Waals surface area contributed by atoms with Crippen molar-refractivity contribution in [3.8, 4) is 0 Å². The Kier molecular flexibility index (Phi) is 6.45. The predicted octanol–water partition coefficient (Wildman–Crippen LogP) is 8.03. The van der Waals surface area contributed by atoms with Gasteiger partial charge in [0.2, 0.25) is 0 Å². The van der Waals surface area contributed by atoms with Crippen LogP contribution < -0.4 is 0 Å². The van der Waals surface area contributed by atoms with Crippen molar-refractivity contribution in [3.63, 3.8) is 0 Å². The van der Waals surface area contributed by atoms with Crippen molar-refractivity contribution in [1.82, 2.24) is 0 Å². The number of benzene rings is 3. The van der Waals surface area contributed by atoms with E-state index in [1.54, 1.807) is 6.07 Å². The van der Waals surface area contributed by atoms with Crippen molar-refractivity contribution in [1.29, 1.82) is 0 Å². The summed E-state index contributed by atoms with van der Waals surface area (Å²) < 4.78 is 55.0. The minimum atomic E-state index is -1.48. The first-order valence-electron chi connectivity index (χ1n) is 10.9. The van der Waals surface area contributed by atoms with Gasteiger partial charge in [-0.25, -0.2) is 17.6 Å². The largest absolute Gasteiger partial charge is 0.206 e. The molecule has 4 heteroatoms. The molecule has 0 unspecified atom stereocenters. The third-order valence-corrected chi connectivity index (χ3v) is 6.60. The molecule has 3 aromatic rings. The van der Waals surface area contributed by atoms with Crippen LogP contribution in [0.2, 0.25) is 0 Å². The van der Waals surface area contributed by atoms with Gasteiger partial charge < -0.3 is 0 Å². The van der Waals surface area contributed by atoms with E-state index in [-0.39, 0.29) is 18.7 Å². The number of fused-ring (bicyclic) bond motifs is 1. The van der Waals surface area contributed by atoms with Gasteiger partial charge >= 0.3 is 0 Å². The summed E-state index contributed by atoms with van der Waals surface area (Å²) in [6.45, 7) is 3.84. The Labute approximate surface area is 180 Å². The van der Waals surface area contributed by atoms with Gasteiger partial charge in [-0.05, 0) is 91.0 Å². The van der Waals surface area contributed by atoms with Gasteiger partial charge in [-0.15, -0.1) is 6.58 Å². The van der Waals surface area contributed by atoms with Crippen molar-refractivity contribution in [2.75, 3.05) is 0 Å². The average Bonchev–Trinajstić information content (AvgIpc) is 2.77. The third-order valence-electron chi connectivity index (χ3n) is 6.60. The lowest BCUT2D eigenvalue weighted by Crippen LogP contribution is -2.12. The highest BCUT2D eigenvalue weighted by molar-refractivity contribution is 5.84. The van der Waals surface area contributed by atoms with Gasteiger partial charge in [0.25, 0.3) is 0 Å². The predicted molar refractivity (Wildman–Crippen MR) is 117 cm³/mol. The second-order valence-corrected chi connectivity index (χ2v) is 8.63. The smallest absolute Gasteiger partial charge is 0.194 e. The first kappa shape index (κ1) is 21.6. The van der Waals surface area contributed by atoms with E-state index in [9.17, 15) is 13.2 Å². The van der Waals surface area contributed by atoms with Crippen molar-refractivity contribution < 1.29 is 17.6 Å². The molecule has 0 spiro atoms. The summed E-state index contributed by atoms with van der Waals surface area (Å²) in [6, 6.07) is 11.5. The van der Waals surface area contributed by atoms with Gasteiger partial charge in [-0.3, -0.25) is 0 Å². The van der Waals surface area contributed by atoms with Crippen LogP contribution in [0, 0.1) is 29.2 Å². The monoisotopic (exact) mass is 426 g/mol. The molecule has 31 heavy (non-hydrogen) atoms. The van der Waals surface area contributed by atoms with Crippen LogP contribution in [-0.2, 0) is 12.8 Å². The molecular formula is C27H26F4. The van der Waals surface area contributed by atoms with Gasteiger partial charge in [0.15, 0.2) is 17.5 Å². The molecule has 1 aliphatic rings. The van der Waals surface area contributed by atoms with E-state index in [0.717, 1.165) is 42.7 Å². The lowest BCUT2D eigenvalue weighted by Gasteiger charge is -2.28. The molecule has 0 radical (unpaired) electrons. The molecule has 0 heterocycles. The first-order chi connectivity index (χ1) is 15.0. The fraction of sp³-hybridized carbons (Fsp3) is 0.333. The Balaban J connectivity index is 1.49. The van der Waals surface area contributed by atoms with Gasteiger partial charge in [0, 0.05) is 5.39 Å². The summed E-state index contributed by atoms with van der Waals surface area (Å²) in [5.41, 5.74) is 2.04. The van der Waals surface area contributed by atoms with Crippen molar-refractivity contribution in [2.24, 2.45) is 5.92 Å². The van der Waals surface area contributed by atoms with Crippen LogP contribution in [0.25, 0.3) is 10.8 Å². The molecule has 0 atom stereocenters. The summed E-state index contributed by atoms with van der Waals surface area (Å²) in [5, 5.41) is 1.42. The lowest BCUT2D eigenvalue weighted by atomic mass is 9.77. The van der Waals surface area contributed by atoms with E-state index < -0.39 is 17.5 Å². The third kappa shape index (κ3) is 4.68. The van der Waals surface area contributed by atoms with E-state index in [1.807, 2.05) is 24.3 Å². The maximum absolute atomic E-state index is 15.1. The molecule has 1 fully saturated rings. The summed E-state index contributed by atoms with van der Waals surface area (Å²) in [6.07, 6.45) is 8.29. The Morgan fingerprint density at radius 1 is 0.806 bits per heavy atom. The highest BCUT2D eigenvalue weighted by Crippen LogP contribution is 2.38. The molecule has 0 bridgehead atoms. The Morgan fingerprint density at radius 2 is 1.52 bits per heavy atom. The van der Waals surface area contributed by atoms with Crippen LogP contribution in [0.3, 0.4) is 0 Å². The van der Waals surface area contributed by atoms with Gasteiger partial charge in [0.05, 0.1) is 0 Å². The van der Waals surface area contributed by atoms with Crippen LogP contribution in [0.15, 0.2) is 55.1 Å². The molecule has 0 saturated heterocycles. The van der Waals surface area contributed by atoms with Crippen molar-refractivity contribution >= 4 is 10.8 Å². The minimum Gasteiger partial charge on any atom is -0.206 e. The molecule has 0 amide bonds. The fourth-order valence-electron chi connectivity index (χ4n) is 4.80. The Bertz CT molecular complexity index is 1070. The van der Waals surface area contributed by atoms with Crippen LogP contribution in [0.1, 0.15) is 54.7 Å². The maximum Gasteiger partial charge on any atom is 0.194 e. The second-order valence-electron chi connectivity index (χ2n) is 8.63. The fourth-order valence-corrected chi connectivity index (χ4v) is 4.80. The zero-order valence-electron chi connectivity index (χ0n) is 17.4. The summed E-state index contributed by atoms with van der Waals surface area (Å²) in [5.74, 6) is -2.98. The zero-order chi connectivity index (χ0) is 22.0. The highest BCUT2D eigenvalue weighted by atomic mass is 19.2. The standard InChI is InChI=1S/C27H26F4/c1-2-3-17-4-7-19(8-5-17)21-12-13-23-22(16-21)11-10-20(26(23)30)9-6-18-14-24(28)27(31)25(29)15-18/h2,10-17,19H,1,3-9H2. The summed E-state index contributed by atoms with van der Waals surface area (Å²) in [7, 11) is 0. The molecule has 4 rings (SSSR count). The van der Waals surface area contributed by atoms with Gasteiger partial charge in [0.1, 0.15) is 5.82 Å². The van der Waals surface area contributed by atoms with Gasteiger partial charge in [-0.1, -0.05) is 36.4 Å². The quantitative estimate of drug-likeness (QED) is 0.213. The van der Waals surface area contributed by atoms with Crippen LogP contribution in [0.4, 0.5) is 17.6 Å². The maximum atomic E-state index is 15.1. The normalized spacial score (nSPS) is 19.0. The first-order valence-corrected chi connectivity index (χ1v) is 10.9. The number of allylic oxidation sites excluding steroid dienone is 1. The minimum absolute atomic E-state index is 0.225. The number of rotatable bonds is 6. The van der Waals surface area contributed by atoms with E-state index in [1.165, 1.54) is 18.4 Å². The number of hydrogen-bond acceptors (Lipinski definition) is 0. The summed E-state index contributed by atoms with van der Waals surface area (Å²) in [4.78, 5) is 0. The molecular weight excluding hydrogens is 400 g/mol. The van der Waals surface area contributed by atoms with E-state index in [0.29, 0.717) is 22.4 Å². The average molecular weight is 426 g/mol. The highest BCUT2D eigenvalue weighted by Gasteiger charge is 2.22. The van der Waals surface area contributed by atoms with Crippen LogP contribution in [0.5, 0.6) is 0 Å². The molecule has 1 aliphatic carbocycles. The van der Waals surface area contributed by atoms with Crippen molar-refractivity contribution in [3.05, 3.63) is 95.1 Å². The van der Waals surface area contributed by atoms with E-state index in [4.69, 9.17) is 0 Å². The molecule has 0 N–H and O–H groups in total. The topological polar surface area (TPSA) is 0 Å². The second kappa shape index (κ2) is 9.25. The van der Waals surface area contributed by atoms with E-state index >= 15 is 4.39 Å². The number of halogens is 4. The molecule has 0 nitrogen and oxygen atoms in total.